The van der Waals surface area contributed by atoms with E-state index in [-0.39, 0.29) is 17.9 Å². The van der Waals surface area contributed by atoms with Crippen LogP contribution in [0.5, 0.6) is 0 Å². The molecule has 23 heavy (non-hydrogen) atoms. The Hall–Kier alpha value is -1.73. The average molecular weight is 321 g/mol. The number of likely N-dealkylation sites (tertiary alicyclic amines) is 1. The third-order valence-electron chi connectivity index (χ3n) is 4.32. The van der Waals surface area contributed by atoms with E-state index in [0.717, 1.165) is 31.6 Å². The number of ether oxygens (including phenoxy) is 1. The van der Waals surface area contributed by atoms with Gasteiger partial charge in [0.15, 0.2) is 0 Å². The first-order valence-corrected chi connectivity index (χ1v) is 7.97. The molecule has 0 bridgehead atoms. The summed E-state index contributed by atoms with van der Waals surface area (Å²) < 4.78 is 5.58. The van der Waals surface area contributed by atoms with Crippen LogP contribution in [0.3, 0.4) is 0 Å². The monoisotopic (exact) mass is 321 g/mol. The molecule has 128 valence electrons. The highest BCUT2D eigenvalue weighted by Gasteiger charge is 2.31. The van der Waals surface area contributed by atoms with Crippen LogP contribution in [-0.4, -0.2) is 73.1 Å². The fraction of sp³-hybridized carbons (Fsp3) is 0.688. The van der Waals surface area contributed by atoms with Crippen LogP contribution in [0.25, 0.3) is 0 Å². The van der Waals surface area contributed by atoms with Crippen LogP contribution < -0.4 is 5.32 Å². The highest BCUT2D eigenvalue weighted by Crippen LogP contribution is 2.24. The second-order valence-corrected chi connectivity index (χ2v) is 6.22. The second kappa shape index (κ2) is 8.21. The van der Waals surface area contributed by atoms with Gasteiger partial charge in [-0.3, -0.25) is 9.69 Å². The molecular formula is C16H27N5O2. The molecule has 1 fully saturated rings. The summed E-state index contributed by atoms with van der Waals surface area (Å²) in [6, 6.07) is 0. The number of methoxy groups -OCH3 is 1. The molecule has 1 aliphatic heterocycles. The molecule has 1 saturated heterocycles. The van der Waals surface area contributed by atoms with E-state index in [1.54, 1.807) is 33.2 Å². The number of amides is 1. The Labute approximate surface area is 138 Å². The molecule has 2 heterocycles. The lowest BCUT2D eigenvalue weighted by atomic mass is 9.91. The van der Waals surface area contributed by atoms with Crippen LogP contribution in [-0.2, 0) is 16.1 Å². The minimum Gasteiger partial charge on any atom is -0.381 e. The van der Waals surface area contributed by atoms with Crippen molar-refractivity contribution >= 4 is 11.9 Å². The van der Waals surface area contributed by atoms with Gasteiger partial charge in [-0.1, -0.05) is 0 Å². The zero-order chi connectivity index (χ0) is 16.8. The zero-order valence-corrected chi connectivity index (χ0v) is 14.5. The molecular weight excluding hydrogens is 294 g/mol. The van der Waals surface area contributed by atoms with Gasteiger partial charge in [0.25, 0.3) is 0 Å². The molecule has 0 radical (unpaired) electrons. The van der Waals surface area contributed by atoms with Gasteiger partial charge in [-0.15, -0.1) is 0 Å². The molecule has 1 aromatic rings. The van der Waals surface area contributed by atoms with E-state index in [4.69, 9.17) is 4.74 Å². The number of anilines is 1. The normalized spacial score (nSPS) is 21.9. The summed E-state index contributed by atoms with van der Waals surface area (Å²) in [5.74, 6) is 1.00. The number of hydrogen-bond acceptors (Lipinski definition) is 6. The average Bonchev–Trinajstić information content (AvgIpc) is 2.55. The minimum absolute atomic E-state index is 0.151. The predicted molar refractivity (Wildman–Crippen MR) is 89.1 cm³/mol. The lowest BCUT2D eigenvalue weighted by Crippen LogP contribution is -2.45. The third-order valence-corrected chi connectivity index (χ3v) is 4.32. The lowest BCUT2D eigenvalue weighted by molar-refractivity contribution is -0.132. The summed E-state index contributed by atoms with van der Waals surface area (Å²) >= 11 is 0. The first-order chi connectivity index (χ1) is 11.0. The van der Waals surface area contributed by atoms with Crippen molar-refractivity contribution in [3.05, 3.63) is 18.0 Å². The van der Waals surface area contributed by atoms with Crippen molar-refractivity contribution < 1.29 is 9.53 Å². The number of aromatic nitrogens is 2. The minimum atomic E-state index is 0.151. The van der Waals surface area contributed by atoms with E-state index in [1.165, 1.54) is 0 Å². The summed E-state index contributed by atoms with van der Waals surface area (Å²) in [4.78, 5) is 24.5. The summed E-state index contributed by atoms with van der Waals surface area (Å²) in [5.41, 5.74) is 1.08. The standard InChI is InChI=1S/C16H27N5O2/c1-17-16-18-8-12(9-19-16)10-21-6-5-14(23-4)13(11-21)7-15(22)20(2)3/h8-9,13-14H,5-7,10-11H2,1-4H3,(H,17,18,19)/t13-,14-/m1/s1. The fourth-order valence-corrected chi connectivity index (χ4v) is 2.97. The molecule has 7 nitrogen and oxygen atoms in total. The van der Waals surface area contributed by atoms with Crippen molar-refractivity contribution in [3.63, 3.8) is 0 Å². The molecule has 1 aromatic heterocycles. The Morgan fingerprint density at radius 3 is 2.70 bits per heavy atom. The number of piperidine rings is 1. The molecule has 1 aliphatic rings. The number of rotatable bonds is 6. The molecule has 0 saturated carbocycles. The Balaban J connectivity index is 1.96. The van der Waals surface area contributed by atoms with Crippen LogP contribution in [0, 0.1) is 5.92 Å². The summed E-state index contributed by atoms with van der Waals surface area (Å²) in [6.07, 6.45) is 5.31. The number of nitrogens with one attached hydrogen (secondary N) is 1. The van der Waals surface area contributed by atoms with Crippen molar-refractivity contribution in [2.75, 3.05) is 46.7 Å². The van der Waals surface area contributed by atoms with Crippen molar-refractivity contribution in [2.45, 2.75) is 25.5 Å². The van der Waals surface area contributed by atoms with E-state index in [1.807, 2.05) is 12.4 Å². The molecule has 2 atom stereocenters. The quantitative estimate of drug-likeness (QED) is 0.837. The number of carbonyl (C=O) groups excluding carboxylic acids is 1. The van der Waals surface area contributed by atoms with E-state index in [0.29, 0.717) is 12.4 Å². The number of hydrogen-bond donors (Lipinski definition) is 1. The van der Waals surface area contributed by atoms with Gasteiger partial charge in [-0.2, -0.15) is 0 Å². The predicted octanol–water partition coefficient (Wildman–Crippen LogP) is 0.834. The molecule has 1 amide bonds. The first-order valence-electron chi connectivity index (χ1n) is 7.97. The SMILES string of the molecule is CNc1ncc(CN2CC[C@@H](OC)[C@H](CC(=O)N(C)C)C2)cn1. The zero-order valence-electron chi connectivity index (χ0n) is 14.5. The molecule has 1 N–H and O–H groups in total. The van der Waals surface area contributed by atoms with Crippen LogP contribution in [0.1, 0.15) is 18.4 Å². The van der Waals surface area contributed by atoms with E-state index >= 15 is 0 Å². The Morgan fingerprint density at radius 1 is 1.43 bits per heavy atom. The maximum absolute atomic E-state index is 12.0. The van der Waals surface area contributed by atoms with Crippen LogP contribution in [0.2, 0.25) is 0 Å². The largest absolute Gasteiger partial charge is 0.381 e. The summed E-state index contributed by atoms with van der Waals surface area (Å²) in [5, 5.41) is 2.92. The third kappa shape index (κ3) is 4.87. The highest BCUT2D eigenvalue weighted by atomic mass is 16.5. The first kappa shape index (κ1) is 17.6. The van der Waals surface area contributed by atoms with Crippen molar-refractivity contribution in [2.24, 2.45) is 5.92 Å². The Bertz CT molecular complexity index is 506. The topological polar surface area (TPSA) is 70.6 Å². The maximum atomic E-state index is 12.0. The summed E-state index contributed by atoms with van der Waals surface area (Å²) in [7, 11) is 7.13. The van der Waals surface area contributed by atoms with Gasteiger partial charge in [0.2, 0.25) is 11.9 Å². The van der Waals surface area contributed by atoms with Crippen molar-refractivity contribution in [1.82, 2.24) is 19.8 Å². The van der Waals surface area contributed by atoms with Gasteiger partial charge in [0.05, 0.1) is 6.10 Å². The van der Waals surface area contributed by atoms with Crippen LogP contribution in [0.15, 0.2) is 12.4 Å². The highest BCUT2D eigenvalue weighted by molar-refractivity contribution is 5.75. The summed E-state index contributed by atoms with van der Waals surface area (Å²) in [6.45, 7) is 2.61. The van der Waals surface area contributed by atoms with Gasteiger partial charge in [0.1, 0.15) is 0 Å². The van der Waals surface area contributed by atoms with E-state index < -0.39 is 0 Å². The molecule has 0 aliphatic carbocycles. The molecule has 0 unspecified atom stereocenters. The van der Waals surface area contributed by atoms with Gasteiger partial charge in [-0.05, 0) is 6.42 Å². The van der Waals surface area contributed by atoms with Gasteiger partial charge < -0.3 is 15.0 Å². The molecule has 0 aromatic carbocycles. The van der Waals surface area contributed by atoms with Crippen molar-refractivity contribution in [3.8, 4) is 0 Å². The van der Waals surface area contributed by atoms with E-state index in [2.05, 4.69) is 20.2 Å². The van der Waals surface area contributed by atoms with Gasteiger partial charge >= 0.3 is 0 Å². The maximum Gasteiger partial charge on any atom is 0.222 e. The van der Waals surface area contributed by atoms with E-state index in [9.17, 15) is 4.79 Å². The lowest BCUT2D eigenvalue weighted by Gasteiger charge is -2.38. The second-order valence-electron chi connectivity index (χ2n) is 6.22. The van der Waals surface area contributed by atoms with Gasteiger partial charge in [-0.25, -0.2) is 9.97 Å². The van der Waals surface area contributed by atoms with Gasteiger partial charge in [0, 0.05) is 78.2 Å². The number of nitrogens with zero attached hydrogens (tertiary/aromatic N) is 4. The van der Waals surface area contributed by atoms with Crippen molar-refractivity contribution in [1.29, 1.82) is 0 Å². The molecule has 2 rings (SSSR count). The van der Waals surface area contributed by atoms with Crippen LogP contribution >= 0.6 is 0 Å². The van der Waals surface area contributed by atoms with Crippen LogP contribution in [0.4, 0.5) is 5.95 Å². The molecule has 0 spiro atoms. The molecule has 7 heteroatoms. The smallest absolute Gasteiger partial charge is 0.222 e. The Kier molecular flexibility index (Phi) is 6.29. The fourth-order valence-electron chi connectivity index (χ4n) is 2.97. The Morgan fingerprint density at radius 2 is 2.13 bits per heavy atom. The number of carbonyl (C=O) groups is 1.